The molecule has 1 N–H and O–H groups in total. The second kappa shape index (κ2) is 9.63. The summed E-state index contributed by atoms with van der Waals surface area (Å²) in [6.07, 6.45) is 0. The Bertz CT molecular complexity index is 770. The lowest BCUT2D eigenvalue weighted by atomic mass is 9.96. The Morgan fingerprint density at radius 1 is 1.14 bits per heavy atom. The predicted molar refractivity (Wildman–Crippen MR) is 115 cm³/mol. The van der Waals surface area contributed by atoms with Crippen molar-refractivity contribution >= 4 is 29.0 Å². The van der Waals surface area contributed by atoms with Gasteiger partial charge in [-0.1, -0.05) is 37.6 Å². The van der Waals surface area contributed by atoms with Crippen LogP contribution >= 0.6 is 22.9 Å². The minimum absolute atomic E-state index is 0.00772. The number of thiophene rings is 1. The van der Waals surface area contributed by atoms with E-state index in [1.807, 2.05) is 35.2 Å². The zero-order valence-electron chi connectivity index (χ0n) is 16.7. The third kappa shape index (κ3) is 5.40. The van der Waals surface area contributed by atoms with Crippen LogP contribution in [0.4, 0.5) is 4.79 Å². The molecular formula is C21H28ClN3O2S. The summed E-state index contributed by atoms with van der Waals surface area (Å²) in [6.45, 7) is 8.36. The van der Waals surface area contributed by atoms with Crippen LogP contribution in [0.15, 0.2) is 36.4 Å². The number of hydrogen-bond donors (Lipinski definition) is 1. The Labute approximate surface area is 176 Å². The van der Waals surface area contributed by atoms with Gasteiger partial charge in [-0.15, -0.1) is 11.3 Å². The number of methoxy groups -OCH3 is 1. The van der Waals surface area contributed by atoms with Gasteiger partial charge in [0.2, 0.25) is 0 Å². The number of rotatable bonds is 6. The van der Waals surface area contributed by atoms with E-state index >= 15 is 0 Å². The Morgan fingerprint density at radius 3 is 2.36 bits per heavy atom. The molecule has 7 heteroatoms. The quantitative estimate of drug-likeness (QED) is 0.739. The summed E-state index contributed by atoms with van der Waals surface area (Å²) in [7, 11) is 1.66. The lowest BCUT2D eigenvalue weighted by molar-refractivity contribution is 0.132. The molecule has 3 rings (SSSR count). The van der Waals surface area contributed by atoms with Crippen molar-refractivity contribution < 1.29 is 9.53 Å². The summed E-state index contributed by atoms with van der Waals surface area (Å²) in [5, 5.41) is 3.22. The smallest absolute Gasteiger partial charge is 0.317 e. The molecule has 1 aromatic heterocycles. The fraction of sp³-hybridized carbons (Fsp3) is 0.476. The van der Waals surface area contributed by atoms with E-state index in [1.54, 1.807) is 18.4 Å². The number of benzene rings is 1. The van der Waals surface area contributed by atoms with Crippen LogP contribution in [0.3, 0.4) is 0 Å². The van der Waals surface area contributed by atoms with Crippen LogP contribution in [0.5, 0.6) is 5.75 Å². The molecule has 1 aromatic carbocycles. The molecule has 1 aliphatic heterocycles. The van der Waals surface area contributed by atoms with Gasteiger partial charge in [-0.25, -0.2) is 4.79 Å². The van der Waals surface area contributed by atoms with Crippen molar-refractivity contribution in [3.05, 3.63) is 51.2 Å². The van der Waals surface area contributed by atoms with Crippen molar-refractivity contribution in [1.29, 1.82) is 0 Å². The van der Waals surface area contributed by atoms with E-state index in [-0.39, 0.29) is 12.1 Å². The van der Waals surface area contributed by atoms with Gasteiger partial charge in [-0.05, 0) is 35.7 Å². The molecule has 0 aliphatic carbocycles. The lowest BCUT2D eigenvalue weighted by Crippen LogP contribution is -2.52. The molecule has 0 saturated carbocycles. The number of carbonyl (C=O) groups is 1. The monoisotopic (exact) mass is 421 g/mol. The van der Waals surface area contributed by atoms with Gasteiger partial charge in [0.15, 0.2) is 0 Å². The van der Waals surface area contributed by atoms with Crippen molar-refractivity contribution in [3.8, 4) is 5.75 Å². The van der Waals surface area contributed by atoms with Gasteiger partial charge in [-0.3, -0.25) is 4.90 Å². The maximum absolute atomic E-state index is 12.8. The Balaban J connectivity index is 1.54. The third-order valence-electron chi connectivity index (χ3n) is 5.09. The first kappa shape index (κ1) is 21.0. The third-order valence-corrected chi connectivity index (χ3v) is 6.30. The number of hydrogen-bond acceptors (Lipinski definition) is 4. The topological polar surface area (TPSA) is 44.8 Å². The summed E-state index contributed by atoms with van der Waals surface area (Å²) in [6, 6.07) is 11.9. The van der Waals surface area contributed by atoms with Gasteiger partial charge in [0, 0.05) is 37.6 Å². The van der Waals surface area contributed by atoms with Crippen LogP contribution < -0.4 is 10.1 Å². The zero-order chi connectivity index (χ0) is 20.1. The fourth-order valence-electron chi connectivity index (χ4n) is 3.44. The Hall–Kier alpha value is -1.76. The number of carbonyl (C=O) groups excluding carboxylic acids is 1. The van der Waals surface area contributed by atoms with E-state index < -0.39 is 0 Å². The Morgan fingerprint density at radius 2 is 1.82 bits per heavy atom. The van der Waals surface area contributed by atoms with E-state index in [9.17, 15) is 4.79 Å². The van der Waals surface area contributed by atoms with Crippen LogP contribution in [0.25, 0.3) is 0 Å². The number of urea groups is 1. The number of nitrogens with zero attached hydrogens (tertiary/aromatic N) is 2. The van der Waals surface area contributed by atoms with Gasteiger partial charge in [0.1, 0.15) is 5.75 Å². The fourth-order valence-corrected chi connectivity index (χ4v) is 4.57. The zero-order valence-corrected chi connectivity index (χ0v) is 18.2. The SMILES string of the molecule is COc1ccc([C@H](NC(=O)N2CCN(Cc3ccc(Cl)s3)CC2)C(C)C)cc1. The average Bonchev–Trinajstić information content (AvgIpc) is 3.11. The summed E-state index contributed by atoms with van der Waals surface area (Å²) in [5.74, 6) is 1.11. The van der Waals surface area contributed by atoms with Gasteiger partial charge >= 0.3 is 6.03 Å². The minimum Gasteiger partial charge on any atom is -0.497 e. The first-order valence-electron chi connectivity index (χ1n) is 9.62. The molecule has 0 spiro atoms. The minimum atomic E-state index is -0.0234. The molecular weight excluding hydrogens is 394 g/mol. The lowest BCUT2D eigenvalue weighted by Gasteiger charge is -2.36. The molecule has 0 unspecified atom stereocenters. The Kier molecular flexibility index (Phi) is 7.21. The number of piperazine rings is 1. The van der Waals surface area contributed by atoms with Crippen LogP contribution in [-0.2, 0) is 6.54 Å². The summed E-state index contributed by atoms with van der Waals surface area (Å²) >= 11 is 7.64. The largest absolute Gasteiger partial charge is 0.497 e. The summed E-state index contributed by atoms with van der Waals surface area (Å²) in [4.78, 5) is 18.4. The maximum Gasteiger partial charge on any atom is 0.317 e. The highest BCUT2D eigenvalue weighted by molar-refractivity contribution is 7.16. The second-order valence-corrected chi connectivity index (χ2v) is 9.21. The van der Waals surface area contributed by atoms with Gasteiger partial charge in [-0.2, -0.15) is 0 Å². The van der Waals surface area contributed by atoms with Crippen molar-refractivity contribution in [2.75, 3.05) is 33.3 Å². The van der Waals surface area contributed by atoms with Crippen LogP contribution in [-0.4, -0.2) is 49.1 Å². The highest BCUT2D eigenvalue weighted by atomic mass is 35.5. The molecule has 28 heavy (non-hydrogen) atoms. The van der Waals surface area contributed by atoms with Crippen LogP contribution in [0, 0.1) is 5.92 Å². The average molecular weight is 422 g/mol. The molecule has 0 bridgehead atoms. The van der Waals surface area contributed by atoms with Crippen LogP contribution in [0.2, 0.25) is 4.34 Å². The van der Waals surface area contributed by atoms with E-state index in [0.717, 1.165) is 48.4 Å². The molecule has 2 amide bonds. The van der Waals surface area contributed by atoms with Crippen molar-refractivity contribution in [2.45, 2.75) is 26.4 Å². The first-order valence-corrected chi connectivity index (χ1v) is 10.8. The highest BCUT2D eigenvalue weighted by Crippen LogP contribution is 2.25. The molecule has 152 valence electrons. The van der Waals surface area contributed by atoms with E-state index in [2.05, 4.69) is 30.1 Å². The number of amides is 2. The number of ether oxygens (including phenoxy) is 1. The second-order valence-electron chi connectivity index (χ2n) is 7.41. The highest BCUT2D eigenvalue weighted by Gasteiger charge is 2.25. The van der Waals surface area contributed by atoms with Gasteiger partial charge in [0.25, 0.3) is 0 Å². The molecule has 1 atom stereocenters. The molecule has 1 fully saturated rings. The summed E-state index contributed by atoms with van der Waals surface area (Å²) < 4.78 is 6.06. The van der Waals surface area contributed by atoms with E-state index in [4.69, 9.17) is 16.3 Å². The number of halogens is 1. The molecule has 2 aromatic rings. The maximum atomic E-state index is 12.8. The first-order chi connectivity index (χ1) is 13.5. The predicted octanol–water partition coefficient (Wildman–Crippen LogP) is 4.63. The summed E-state index contributed by atoms with van der Waals surface area (Å²) in [5.41, 5.74) is 1.09. The van der Waals surface area contributed by atoms with E-state index in [0.29, 0.717) is 5.92 Å². The van der Waals surface area contributed by atoms with Crippen LogP contribution in [0.1, 0.15) is 30.3 Å². The van der Waals surface area contributed by atoms with E-state index in [1.165, 1.54) is 4.88 Å². The van der Waals surface area contributed by atoms with Crippen molar-refractivity contribution in [3.63, 3.8) is 0 Å². The van der Waals surface area contributed by atoms with Crippen molar-refractivity contribution in [1.82, 2.24) is 15.1 Å². The van der Waals surface area contributed by atoms with Gasteiger partial charge < -0.3 is 15.0 Å². The molecule has 1 aliphatic rings. The van der Waals surface area contributed by atoms with Gasteiger partial charge in [0.05, 0.1) is 17.5 Å². The standard InChI is InChI=1S/C21H28ClN3O2S/c1-15(2)20(16-4-6-17(27-3)7-5-16)23-21(26)25-12-10-24(11-13-25)14-18-8-9-19(22)28-18/h4-9,15,20H,10-14H2,1-3H3,(H,23,26)/t20-/m1/s1. The van der Waals surface area contributed by atoms with Crippen molar-refractivity contribution in [2.24, 2.45) is 5.92 Å². The molecule has 2 heterocycles. The molecule has 1 saturated heterocycles. The molecule has 5 nitrogen and oxygen atoms in total. The molecule has 0 radical (unpaired) electrons. The normalized spacial score (nSPS) is 16.2. The number of nitrogens with one attached hydrogen (secondary N) is 1.